The SMILES string of the molecule is N#CCCOP1(=S)OCCn2nc(-c3cncs3)nc2COP(=O)(S)O[C@@H]2[C@H](F)[C@@H](CO1)O[C@H]2n1cnc2c(=O)[nH]c(N)nc21. The Morgan fingerprint density at radius 1 is 1.36 bits per heavy atom. The molecule has 45 heavy (non-hydrogen) atoms. The maximum absolute atomic E-state index is 16.1. The van der Waals surface area contributed by atoms with Crippen LogP contribution in [0, 0.1) is 11.3 Å². The molecule has 0 radical (unpaired) electrons. The summed E-state index contributed by atoms with van der Waals surface area (Å²) in [6.07, 6.45) is -3.68. The van der Waals surface area contributed by atoms with Crippen LogP contribution in [0.15, 0.2) is 22.8 Å². The van der Waals surface area contributed by atoms with Crippen molar-refractivity contribution in [2.75, 3.05) is 25.6 Å². The molecule has 4 aromatic heterocycles. The summed E-state index contributed by atoms with van der Waals surface area (Å²) in [5.41, 5.74) is 6.53. The van der Waals surface area contributed by atoms with Crippen molar-refractivity contribution in [3.8, 4) is 16.8 Å². The molecule has 4 aromatic rings. The van der Waals surface area contributed by atoms with Crippen LogP contribution in [0.25, 0.3) is 21.9 Å². The lowest BCUT2D eigenvalue weighted by Gasteiger charge is -2.24. The average molecular weight is 721 g/mol. The number of imidazole rings is 1. The van der Waals surface area contributed by atoms with Crippen LogP contribution in [0.4, 0.5) is 10.3 Å². The first-order chi connectivity index (χ1) is 21.6. The predicted octanol–water partition coefficient (Wildman–Crippen LogP) is 2.49. The van der Waals surface area contributed by atoms with Crippen LogP contribution in [0.1, 0.15) is 18.5 Å². The van der Waals surface area contributed by atoms with Crippen molar-refractivity contribution in [3.63, 3.8) is 0 Å². The molecule has 2 aliphatic heterocycles. The molecule has 6 heterocycles. The highest BCUT2D eigenvalue weighted by molar-refractivity contribution is 8.44. The third-order valence-electron chi connectivity index (χ3n) is 6.41. The first kappa shape index (κ1) is 32.3. The Hall–Kier alpha value is -2.67. The predicted molar refractivity (Wildman–Crippen MR) is 161 cm³/mol. The molecule has 18 nitrogen and oxygen atoms in total. The summed E-state index contributed by atoms with van der Waals surface area (Å²) >= 11 is 11.0. The van der Waals surface area contributed by atoms with E-state index in [9.17, 15) is 9.36 Å². The number of nitrogens with two attached hydrogens (primary N) is 1. The molecule has 2 bridgehead atoms. The van der Waals surface area contributed by atoms with Crippen LogP contribution in [0.5, 0.6) is 0 Å². The first-order valence-corrected chi connectivity index (χ1v) is 19.1. The van der Waals surface area contributed by atoms with Gasteiger partial charge in [-0.1, -0.05) is 12.2 Å². The van der Waals surface area contributed by atoms with Gasteiger partial charge in [-0.05, 0) is 11.8 Å². The minimum Gasteiger partial charge on any atom is -0.369 e. The van der Waals surface area contributed by atoms with Crippen molar-refractivity contribution in [1.29, 1.82) is 5.26 Å². The Morgan fingerprint density at radius 3 is 2.98 bits per heavy atom. The number of H-pyrrole nitrogens is 1. The number of thiazole rings is 1. The molecule has 1 fully saturated rings. The number of nitrogens with zero attached hydrogens (tertiary/aromatic N) is 8. The zero-order valence-electron chi connectivity index (χ0n) is 22.7. The number of halogens is 1. The van der Waals surface area contributed by atoms with Gasteiger partial charge in [0.2, 0.25) is 5.95 Å². The Kier molecular flexibility index (Phi) is 9.48. The number of nitrogen functional groups attached to an aromatic ring is 1. The maximum atomic E-state index is 16.1. The smallest absolute Gasteiger partial charge is 0.369 e. The van der Waals surface area contributed by atoms with Crippen LogP contribution >= 0.6 is 37.1 Å². The summed E-state index contributed by atoms with van der Waals surface area (Å²) in [6.45, 7) is -8.90. The number of aromatic amines is 1. The van der Waals surface area contributed by atoms with Gasteiger partial charge in [-0.3, -0.25) is 28.4 Å². The number of aromatic nitrogens is 8. The number of ether oxygens (including phenoxy) is 1. The lowest BCUT2D eigenvalue weighted by molar-refractivity contribution is -0.0461. The summed E-state index contributed by atoms with van der Waals surface area (Å²) in [5, 5.41) is 13.4. The molecule has 0 spiro atoms. The molecule has 0 saturated carbocycles. The molecular weight excluding hydrogens is 697 g/mol. The largest absolute Gasteiger partial charge is 0.387 e. The summed E-state index contributed by atoms with van der Waals surface area (Å²) in [4.78, 5) is 32.0. The van der Waals surface area contributed by atoms with E-state index in [2.05, 4.69) is 42.3 Å². The van der Waals surface area contributed by atoms with Crippen molar-refractivity contribution in [2.45, 2.75) is 44.2 Å². The van der Waals surface area contributed by atoms with Gasteiger partial charge in [0.15, 0.2) is 35.2 Å². The van der Waals surface area contributed by atoms with E-state index in [1.165, 1.54) is 26.9 Å². The molecule has 2 unspecified atom stereocenters. The average Bonchev–Trinajstić information content (AvgIpc) is 3.79. The van der Waals surface area contributed by atoms with E-state index in [1.54, 1.807) is 11.7 Å². The van der Waals surface area contributed by atoms with Gasteiger partial charge < -0.3 is 24.0 Å². The van der Waals surface area contributed by atoms with Gasteiger partial charge in [-0.2, -0.15) is 10.2 Å². The zero-order valence-corrected chi connectivity index (χ0v) is 27.1. The molecule has 240 valence electrons. The van der Waals surface area contributed by atoms with Gasteiger partial charge in [0.05, 0.1) is 55.6 Å². The second-order valence-electron chi connectivity index (χ2n) is 9.35. The Balaban J connectivity index is 1.36. The molecule has 24 heteroatoms. The molecule has 0 aliphatic carbocycles. The molecule has 1 saturated heterocycles. The number of thiol groups is 1. The van der Waals surface area contributed by atoms with E-state index in [0.717, 1.165) is 0 Å². The van der Waals surface area contributed by atoms with Crippen LogP contribution in [0.3, 0.4) is 0 Å². The number of nitrogens with one attached hydrogen (secondary N) is 1. The van der Waals surface area contributed by atoms with E-state index in [4.69, 9.17) is 50.2 Å². The maximum Gasteiger partial charge on any atom is 0.387 e. The Bertz CT molecular complexity index is 1880. The van der Waals surface area contributed by atoms with E-state index < -0.39 is 56.9 Å². The number of rotatable bonds is 5. The molecule has 3 N–H and O–H groups in total. The lowest BCUT2D eigenvalue weighted by atomic mass is 10.1. The molecule has 2 aliphatic rings. The molecular formula is C21H23FN10O8P2S3. The summed E-state index contributed by atoms with van der Waals surface area (Å²) in [6, 6.07) is 1.94. The van der Waals surface area contributed by atoms with Crippen molar-refractivity contribution < 1.29 is 36.3 Å². The quantitative estimate of drug-likeness (QED) is 0.153. The van der Waals surface area contributed by atoms with Gasteiger partial charge in [-0.15, -0.1) is 16.4 Å². The highest BCUT2D eigenvalue weighted by Gasteiger charge is 2.51. The summed E-state index contributed by atoms with van der Waals surface area (Å²) in [7, 11) is 0. The number of anilines is 1. The molecule has 0 amide bonds. The number of hydrogen-bond acceptors (Lipinski definition) is 17. The Morgan fingerprint density at radius 2 is 2.20 bits per heavy atom. The zero-order chi connectivity index (χ0) is 31.8. The standard InChI is InChI=1S/C21H23FN10O8P2S3/c22-14-11-7-38-42(44,35-4-1-2-23)36-5-3-32-13(27-17(30-32)12-6-25-10-45-12)8-37-41(34,43)40-16(14)20(39-11)31-9-26-15-18(31)28-21(24)29-19(15)33/h6,9-11,14,16,20H,1,3-5,7-8H2,(H,34,43)(H3,24,28,29,33)/t11-,14-,16-,20-,41?,42?/m1/s1. The van der Waals surface area contributed by atoms with Crippen LogP contribution in [-0.4, -0.2) is 77.5 Å². The van der Waals surface area contributed by atoms with Crippen LogP contribution in [0.2, 0.25) is 0 Å². The van der Waals surface area contributed by atoms with Crippen molar-refractivity contribution >= 4 is 66.0 Å². The molecule has 0 aromatic carbocycles. The third kappa shape index (κ3) is 7.03. The fourth-order valence-corrected chi connectivity index (χ4v) is 8.15. The monoisotopic (exact) mass is 720 g/mol. The second kappa shape index (κ2) is 13.2. The lowest BCUT2D eigenvalue weighted by Crippen LogP contribution is -2.32. The summed E-state index contributed by atoms with van der Waals surface area (Å²) < 4.78 is 66.7. The number of alkyl halides is 1. The van der Waals surface area contributed by atoms with Crippen molar-refractivity contribution in [1.82, 2.24) is 39.3 Å². The van der Waals surface area contributed by atoms with Crippen LogP contribution < -0.4 is 11.3 Å². The number of fused-ring (bicyclic) bond motifs is 4. The molecule has 6 rings (SSSR count). The first-order valence-electron chi connectivity index (χ1n) is 13.0. The van der Waals surface area contributed by atoms with Crippen LogP contribution in [-0.2, 0) is 56.9 Å². The third-order valence-corrected chi connectivity index (χ3v) is 11.2. The fraction of sp³-hybridized carbons (Fsp3) is 0.476. The van der Waals surface area contributed by atoms with E-state index >= 15 is 4.39 Å². The van der Waals surface area contributed by atoms with Gasteiger partial charge in [0.1, 0.15) is 18.8 Å². The van der Waals surface area contributed by atoms with E-state index in [1.807, 2.05) is 6.07 Å². The highest BCUT2D eigenvalue weighted by atomic mass is 32.7. The van der Waals surface area contributed by atoms with Gasteiger partial charge in [0, 0.05) is 6.20 Å². The van der Waals surface area contributed by atoms with Gasteiger partial charge in [0.25, 0.3) is 5.56 Å². The fourth-order valence-electron chi connectivity index (χ4n) is 4.43. The second-order valence-corrected chi connectivity index (χ2v) is 16.1. The van der Waals surface area contributed by atoms with E-state index in [0.29, 0.717) is 10.7 Å². The minimum absolute atomic E-state index is 0.00225. The normalized spacial score (nSPS) is 29.5. The van der Waals surface area contributed by atoms with Gasteiger partial charge in [-0.25, -0.2) is 23.6 Å². The topological polar surface area (TPSA) is 229 Å². The summed E-state index contributed by atoms with van der Waals surface area (Å²) in [5.74, 6) is 0.300. The van der Waals surface area contributed by atoms with Gasteiger partial charge >= 0.3 is 13.5 Å². The van der Waals surface area contributed by atoms with E-state index in [-0.39, 0.29) is 49.1 Å². The number of nitriles is 1. The van der Waals surface area contributed by atoms with Crippen molar-refractivity contribution in [3.05, 3.63) is 34.2 Å². The number of hydrogen-bond donors (Lipinski definition) is 3. The molecule has 6 atom stereocenters. The highest BCUT2D eigenvalue weighted by Crippen LogP contribution is 2.58. The minimum atomic E-state index is -4.33. The van der Waals surface area contributed by atoms with Crippen molar-refractivity contribution in [2.24, 2.45) is 0 Å². The Labute approximate surface area is 266 Å².